The molecule has 2 aliphatic heterocycles. The van der Waals surface area contributed by atoms with Gasteiger partial charge in [-0.3, -0.25) is 4.68 Å². The normalized spacial score (nSPS) is 23.1. The van der Waals surface area contributed by atoms with Crippen molar-refractivity contribution in [1.29, 1.82) is 0 Å². The summed E-state index contributed by atoms with van der Waals surface area (Å²) in [5.41, 5.74) is 4.79. The summed E-state index contributed by atoms with van der Waals surface area (Å²) in [6.07, 6.45) is 8.39. The van der Waals surface area contributed by atoms with Crippen LogP contribution in [0.25, 0.3) is 0 Å². The highest BCUT2D eigenvalue weighted by molar-refractivity contribution is 5.18. The lowest BCUT2D eigenvalue weighted by Gasteiger charge is -2.35. The molecule has 0 amide bonds. The van der Waals surface area contributed by atoms with E-state index in [0.717, 1.165) is 50.5 Å². The Morgan fingerprint density at radius 2 is 1.69 bits per heavy atom. The summed E-state index contributed by atoms with van der Waals surface area (Å²) in [6.45, 7) is 5.43. The van der Waals surface area contributed by atoms with Gasteiger partial charge in [-0.15, -0.1) is 0 Å². The Balaban J connectivity index is 1.20. The van der Waals surface area contributed by atoms with Crippen molar-refractivity contribution < 1.29 is 14.2 Å². The smallest absolute Gasteiger partial charge is 0.261 e. The van der Waals surface area contributed by atoms with Gasteiger partial charge in [0.15, 0.2) is 0 Å². The van der Waals surface area contributed by atoms with E-state index >= 15 is 0 Å². The largest absolute Gasteiger partial charge is 0.371 e. The van der Waals surface area contributed by atoms with Crippen molar-refractivity contribution in [2.75, 3.05) is 32.8 Å². The molecule has 2 aromatic carbocycles. The average molecular weight is 486 g/mol. The standard InChI is InChI=1S/C28H32N6O2/c1-3-7-22(8-4-1)16-32-20-27(24-13-30-33(18-24)17-23-9-5-2-6-10-23)36-21-28(32)34-19-25(14-31-34)26-15-29-11-12-35-26/h1-10,13-14,18-19,26-29H,11-12,15-17,20-21H2/p+1/t26-,27?,28?/m1/s1. The number of H-pyrrole nitrogens is 1. The fraction of sp³-hybridized carbons (Fsp3) is 0.357. The lowest BCUT2D eigenvalue weighted by Crippen LogP contribution is -2.56. The summed E-state index contributed by atoms with van der Waals surface area (Å²) >= 11 is 0. The highest BCUT2D eigenvalue weighted by Crippen LogP contribution is 2.29. The first-order chi connectivity index (χ1) is 17.8. The SMILES string of the molecule is c1ccc(CN2CC(c3cnn(Cc4ccccc4)c3)OCC2[n+]2cc([C@H]3CNCCO3)c[nH]2)cc1. The van der Waals surface area contributed by atoms with Gasteiger partial charge in [0.05, 0.1) is 37.2 Å². The molecule has 4 aromatic rings. The number of hydrogen-bond donors (Lipinski definition) is 2. The van der Waals surface area contributed by atoms with Crippen LogP contribution in [0.2, 0.25) is 0 Å². The number of nitrogens with one attached hydrogen (secondary N) is 2. The van der Waals surface area contributed by atoms with E-state index in [-0.39, 0.29) is 18.4 Å². The van der Waals surface area contributed by atoms with E-state index in [2.05, 4.69) is 98.3 Å². The molecule has 2 saturated heterocycles. The van der Waals surface area contributed by atoms with Crippen LogP contribution in [0.1, 0.15) is 40.6 Å². The second kappa shape index (κ2) is 10.8. The van der Waals surface area contributed by atoms with E-state index in [4.69, 9.17) is 9.47 Å². The maximum absolute atomic E-state index is 6.44. The van der Waals surface area contributed by atoms with Crippen LogP contribution < -0.4 is 10.00 Å². The van der Waals surface area contributed by atoms with Crippen molar-refractivity contribution >= 4 is 0 Å². The van der Waals surface area contributed by atoms with Gasteiger partial charge in [-0.05, 0) is 11.1 Å². The van der Waals surface area contributed by atoms with Crippen molar-refractivity contribution in [2.45, 2.75) is 31.5 Å². The van der Waals surface area contributed by atoms with Gasteiger partial charge >= 0.3 is 0 Å². The van der Waals surface area contributed by atoms with Gasteiger partial charge in [0.1, 0.15) is 12.7 Å². The summed E-state index contributed by atoms with van der Waals surface area (Å²) in [5, 5.41) is 11.5. The van der Waals surface area contributed by atoms with E-state index in [0.29, 0.717) is 6.61 Å². The Bertz CT molecular complexity index is 1240. The maximum Gasteiger partial charge on any atom is 0.261 e. The van der Waals surface area contributed by atoms with Crippen molar-refractivity contribution in [3.05, 3.63) is 108 Å². The molecule has 2 aliphatic rings. The Kier molecular flexibility index (Phi) is 6.91. The second-order valence-electron chi connectivity index (χ2n) is 9.55. The molecule has 2 unspecified atom stereocenters. The van der Waals surface area contributed by atoms with Gasteiger partial charge in [0.25, 0.3) is 6.17 Å². The first-order valence-corrected chi connectivity index (χ1v) is 12.7. The fourth-order valence-corrected chi connectivity index (χ4v) is 5.06. The van der Waals surface area contributed by atoms with Gasteiger partial charge in [0.2, 0.25) is 6.20 Å². The summed E-state index contributed by atoms with van der Waals surface area (Å²) in [6, 6.07) is 21.0. The van der Waals surface area contributed by atoms with E-state index in [1.54, 1.807) is 0 Å². The van der Waals surface area contributed by atoms with Crippen LogP contribution in [0.3, 0.4) is 0 Å². The molecule has 3 atom stereocenters. The predicted octanol–water partition coefficient (Wildman–Crippen LogP) is 2.98. The van der Waals surface area contributed by atoms with Crippen molar-refractivity contribution in [3.63, 3.8) is 0 Å². The van der Waals surface area contributed by atoms with Crippen LogP contribution in [-0.4, -0.2) is 52.6 Å². The topological polar surface area (TPSA) is 71.2 Å². The van der Waals surface area contributed by atoms with E-state index in [1.807, 2.05) is 16.9 Å². The molecule has 0 radical (unpaired) electrons. The molecule has 6 rings (SSSR count). The highest BCUT2D eigenvalue weighted by Gasteiger charge is 2.38. The van der Waals surface area contributed by atoms with E-state index < -0.39 is 0 Å². The lowest BCUT2D eigenvalue weighted by atomic mass is 10.1. The third kappa shape index (κ3) is 5.27. The molecule has 4 heterocycles. The average Bonchev–Trinajstić information content (AvgIpc) is 3.61. The van der Waals surface area contributed by atoms with E-state index in [9.17, 15) is 0 Å². The van der Waals surface area contributed by atoms with Crippen molar-refractivity contribution in [3.8, 4) is 0 Å². The Morgan fingerprint density at radius 3 is 2.44 bits per heavy atom. The van der Waals surface area contributed by atoms with Gasteiger partial charge < -0.3 is 14.8 Å². The predicted molar refractivity (Wildman–Crippen MR) is 135 cm³/mol. The Labute approximate surface area is 211 Å². The molecular formula is C28H33N6O2+. The quantitative estimate of drug-likeness (QED) is 0.394. The van der Waals surface area contributed by atoms with Crippen molar-refractivity contribution in [1.82, 2.24) is 25.1 Å². The number of morpholine rings is 2. The maximum atomic E-state index is 6.44. The third-order valence-corrected chi connectivity index (χ3v) is 7.00. The van der Waals surface area contributed by atoms with E-state index in [1.165, 1.54) is 11.1 Å². The second-order valence-corrected chi connectivity index (χ2v) is 9.55. The molecule has 2 fully saturated rings. The highest BCUT2D eigenvalue weighted by atomic mass is 16.5. The summed E-state index contributed by atoms with van der Waals surface area (Å²) in [4.78, 5) is 2.48. The molecule has 0 spiro atoms. The molecule has 2 N–H and O–H groups in total. The molecule has 186 valence electrons. The molecule has 0 saturated carbocycles. The van der Waals surface area contributed by atoms with Crippen molar-refractivity contribution in [2.24, 2.45) is 0 Å². The number of aromatic amines is 1. The molecule has 0 aliphatic carbocycles. The Hall–Kier alpha value is -3.30. The fourth-order valence-electron chi connectivity index (χ4n) is 5.06. The van der Waals surface area contributed by atoms with Crippen LogP contribution in [0.5, 0.6) is 0 Å². The summed E-state index contributed by atoms with van der Waals surface area (Å²) in [7, 11) is 0. The third-order valence-electron chi connectivity index (χ3n) is 7.00. The summed E-state index contributed by atoms with van der Waals surface area (Å²) < 4.78 is 16.5. The van der Waals surface area contributed by atoms with Crippen LogP contribution in [-0.2, 0) is 22.6 Å². The van der Waals surface area contributed by atoms with Crippen LogP contribution in [0, 0.1) is 0 Å². The zero-order valence-corrected chi connectivity index (χ0v) is 20.4. The van der Waals surface area contributed by atoms with Crippen LogP contribution >= 0.6 is 0 Å². The molecule has 8 heteroatoms. The first-order valence-electron chi connectivity index (χ1n) is 12.7. The molecular weight excluding hydrogens is 452 g/mol. The number of rotatable bonds is 7. The first kappa shape index (κ1) is 23.1. The minimum absolute atomic E-state index is 0.0320. The van der Waals surface area contributed by atoms with Gasteiger partial charge in [-0.25, -0.2) is 4.90 Å². The Morgan fingerprint density at radius 1 is 0.917 bits per heavy atom. The molecule has 0 bridgehead atoms. The number of ether oxygens (including phenoxy) is 2. The molecule has 8 nitrogen and oxygen atoms in total. The van der Waals surface area contributed by atoms with Gasteiger partial charge in [-0.2, -0.15) is 10.2 Å². The minimum Gasteiger partial charge on any atom is -0.371 e. The number of nitrogens with zero attached hydrogens (tertiary/aromatic N) is 4. The van der Waals surface area contributed by atoms with Crippen LogP contribution in [0.15, 0.2) is 85.5 Å². The zero-order valence-electron chi connectivity index (χ0n) is 20.4. The summed E-state index contributed by atoms with van der Waals surface area (Å²) in [5.74, 6) is 0. The van der Waals surface area contributed by atoms with Crippen LogP contribution in [0.4, 0.5) is 0 Å². The van der Waals surface area contributed by atoms with Gasteiger partial charge in [0, 0.05) is 37.9 Å². The number of hydrogen-bond acceptors (Lipinski definition) is 5. The lowest BCUT2D eigenvalue weighted by molar-refractivity contribution is -0.797. The number of benzene rings is 2. The van der Waals surface area contributed by atoms with Gasteiger partial charge in [-0.1, -0.05) is 65.3 Å². The zero-order chi connectivity index (χ0) is 24.2. The number of aromatic nitrogens is 4. The molecule has 36 heavy (non-hydrogen) atoms. The molecule has 2 aromatic heterocycles. The minimum atomic E-state index is -0.0320. The monoisotopic (exact) mass is 485 g/mol.